The van der Waals surface area contributed by atoms with E-state index in [4.69, 9.17) is 14.7 Å². The van der Waals surface area contributed by atoms with Crippen molar-refractivity contribution in [3.63, 3.8) is 0 Å². The van der Waals surface area contributed by atoms with E-state index in [1.54, 1.807) is 0 Å². The molecule has 5 rings (SSSR count). The lowest BCUT2D eigenvalue weighted by Gasteiger charge is -2.40. The average molecular weight is 600 g/mol. The first-order valence-electron chi connectivity index (χ1n) is 15.5. The first-order chi connectivity index (χ1) is 18.7. The van der Waals surface area contributed by atoms with Gasteiger partial charge in [-0.2, -0.15) is 9.98 Å². The lowest BCUT2D eigenvalue weighted by Crippen LogP contribution is -2.55. The molecule has 0 aromatic heterocycles. The van der Waals surface area contributed by atoms with E-state index in [-0.39, 0.29) is 0 Å². The van der Waals surface area contributed by atoms with Crippen LogP contribution in [0.15, 0.2) is 9.98 Å². The molecule has 6 nitrogen and oxygen atoms in total. The molecule has 0 aromatic carbocycles. The molecule has 1 heterocycles. The third-order valence-corrected chi connectivity index (χ3v) is 13.9. The number of methoxy groups -OCH3 is 1. The Bertz CT molecular complexity index is 757. The predicted molar refractivity (Wildman–Crippen MR) is 171 cm³/mol. The largest absolute Gasteiger partial charge is 0.331 e. The van der Waals surface area contributed by atoms with Crippen LogP contribution in [0.2, 0.25) is 0 Å². The van der Waals surface area contributed by atoms with E-state index in [1.807, 2.05) is 54.7 Å². The molecular formula is C28H49N5OS4. The Morgan fingerprint density at radius 2 is 1.18 bits per heavy atom. The van der Waals surface area contributed by atoms with Crippen molar-refractivity contribution in [2.75, 3.05) is 7.11 Å². The van der Waals surface area contributed by atoms with Gasteiger partial charge in [0.2, 0.25) is 11.9 Å². The lowest BCUT2D eigenvalue weighted by molar-refractivity contribution is 0.0629. The van der Waals surface area contributed by atoms with Crippen molar-refractivity contribution in [2.24, 2.45) is 9.98 Å². The number of nitrogens with zero attached hydrogens (tertiary/aromatic N) is 3. The molecule has 216 valence electrons. The lowest BCUT2D eigenvalue weighted by atomic mass is 10.0. The Kier molecular flexibility index (Phi) is 12.0. The predicted octanol–water partition coefficient (Wildman–Crippen LogP) is 8.46. The number of aliphatic imine (C=N–C) groups is 2. The molecule has 0 spiro atoms. The fourth-order valence-corrected chi connectivity index (χ4v) is 11.5. The molecule has 0 saturated heterocycles. The van der Waals surface area contributed by atoms with Gasteiger partial charge in [-0.05, 0) is 87.2 Å². The van der Waals surface area contributed by atoms with Crippen LogP contribution >= 0.6 is 47.6 Å². The number of hydrogen-bond donors (Lipinski definition) is 2. The number of hydrogen-bond acceptors (Lipinski definition) is 10. The molecule has 0 bridgehead atoms. The zero-order chi connectivity index (χ0) is 26.0. The first-order valence-corrected chi connectivity index (χ1v) is 18.9. The fourth-order valence-electron chi connectivity index (χ4n) is 6.26. The first kappa shape index (κ1) is 29.6. The molecule has 0 aromatic rings. The minimum atomic E-state index is -0.826. The van der Waals surface area contributed by atoms with Crippen LogP contribution in [0.5, 0.6) is 0 Å². The van der Waals surface area contributed by atoms with Gasteiger partial charge in [0, 0.05) is 28.1 Å². The van der Waals surface area contributed by atoms with Gasteiger partial charge >= 0.3 is 0 Å². The summed E-state index contributed by atoms with van der Waals surface area (Å²) in [5.74, 6) is 1.64. The molecule has 1 atom stereocenters. The van der Waals surface area contributed by atoms with Gasteiger partial charge in [0.05, 0.1) is 0 Å². The maximum absolute atomic E-state index is 6.25. The molecule has 10 heteroatoms. The van der Waals surface area contributed by atoms with E-state index in [9.17, 15) is 0 Å². The topological polar surface area (TPSA) is 61.2 Å². The second-order valence-electron chi connectivity index (χ2n) is 11.6. The molecule has 0 radical (unpaired) electrons. The second-order valence-corrected chi connectivity index (χ2v) is 16.9. The normalized spacial score (nSPS) is 28.9. The number of guanidine groups is 2. The van der Waals surface area contributed by atoms with E-state index in [2.05, 4.69) is 13.7 Å². The van der Waals surface area contributed by atoms with E-state index >= 15 is 0 Å². The molecule has 0 amide bonds. The second kappa shape index (κ2) is 15.4. The van der Waals surface area contributed by atoms with Crippen molar-refractivity contribution in [3.05, 3.63) is 0 Å². The third-order valence-electron chi connectivity index (χ3n) is 8.53. The fraction of sp³-hybridized carbons (Fsp3) is 0.929. The van der Waals surface area contributed by atoms with Crippen LogP contribution < -0.4 is 10.0 Å². The Morgan fingerprint density at radius 1 is 0.711 bits per heavy atom. The third kappa shape index (κ3) is 8.80. The van der Waals surface area contributed by atoms with Crippen LogP contribution in [-0.4, -0.2) is 48.9 Å². The van der Waals surface area contributed by atoms with Crippen molar-refractivity contribution in [1.82, 2.24) is 13.7 Å². The van der Waals surface area contributed by atoms with Crippen LogP contribution in [-0.2, 0) is 4.74 Å². The summed E-state index contributed by atoms with van der Waals surface area (Å²) in [6, 6.07) is 0. The molecule has 1 aliphatic heterocycles. The molecular weight excluding hydrogens is 551 g/mol. The van der Waals surface area contributed by atoms with E-state index in [0.29, 0.717) is 21.0 Å². The Hall–Kier alpha value is 0.1000. The summed E-state index contributed by atoms with van der Waals surface area (Å²) in [5, 5.41) is 5.47. The van der Waals surface area contributed by atoms with Crippen LogP contribution in [0.3, 0.4) is 0 Å². The summed E-state index contributed by atoms with van der Waals surface area (Å²) in [7, 11) is 1.81. The maximum Gasteiger partial charge on any atom is 0.294 e. The van der Waals surface area contributed by atoms with Gasteiger partial charge in [0.25, 0.3) is 5.18 Å². The van der Waals surface area contributed by atoms with Crippen molar-refractivity contribution >= 4 is 59.5 Å². The highest BCUT2D eigenvalue weighted by Gasteiger charge is 2.41. The summed E-state index contributed by atoms with van der Waals surface area (Å²) < 4.78 is 12.3. The summed E-state index contributed by atoms with van der Waals surface area (Å²) >= 11 is 7.74. The molecule has 2 N–H and O–H groups in total. The molecule has 5 aliphatic rings. The summed E-state index contributed by atoms with van der Waals surface area (Å²) in [5.41, 5.74) is 0. The van der Waals surface area contributed by atoms with E-state index in [1.165, 1.54) is 128 Å². The SMILES string of the molecule is COC1(SC2CCCCC2)N=C(NSC2CCCCC2)N=C(N(SC2CCCCC2)SC2CCCCC2)N1. The van der Waals surface area contributed by atoms with Crippen molar-refractivity contribution in [1.29, 1.82) is 0 Å². The average Bonchev–Trinajstić information content (AvgIpc) is 2.98. The number of rotatable bonds is 9. The van der Waals surface area contributed by atoms with Crippen LogP contribution in [0.1, 0.15) is 128 Å². The molecule has 1 unspecified atom stereocenters. The van der Waals surface area contributed by atoms with Crippen molar-refractivity contribution < 1.29 is 4.74 Å². The quantitative estimate of drug-likeness (QED) is 0.202. The Balaban J connectivity index is 1.36. The summed E-state index contributed by atoms with van der Waals surface area (Å²) in [6.07, 6.45) is 26.5. The highest BCUT2D eigenvalue weighted by molar-refractivity contribution is 8.13. The number of nitrogens with one attached hydrogen (secondary N) is 2. The van der Waals surface area contributed by atoms with Crippen LogP contribution in [0.25, 0.3) is 0 Å². The van der Waals surface area contributed by atoms with Gasteiger partial charge < -0.3 is 4.74 Å². The summed E-state index contributed by atoms with van der Waals surface area (Å²) in [6.45, 7) is 0. The van der Waals surface area contributed by atoms with Gasteiger partial charge in [0.15, 0.2) is 0 Å². The van der Waals surface area contributed by atoms with Crippen LogP contribution in [0, 0.1) is 0 Å². The minimum Gasteiger partial charge on any atom is -0.331 e. The molecule has 4 saturated carbocycles. The number of ether oxygens (including phenoxy) is 1. The molecule has 4 fully saturated rings. The van der Waals surface area contributed by atoms with Crippen molar-refractivity contribution in [2.45, 2.75) is 155 Å². The smallest absolute Gasteiger partial charge is 0.294 e. The zero-order valence-corrected chi connectivity index (χ0v) is 26.6. The van der Waals surface area contributed by atoms with Gasteiger partial charge in [-0.25, -0.2) is 3.71 Å². The molecule has 4 aliphatic carbocycles. The highest BCUT2D eigenvalue weighted by Crippen LogP contribution is 2.42. The van der Waals surface area contributed by atoms with Crippen molar-refractivity contribution in [3.8, 4) is 0 Å². The maximum atomic E-state index is 6.25. The zero-order valence-electron chi connectivity index (χ0n) is 23.3. The summed E-state index contributed by atoms with van der Waals surface area (Å²) in [4.78, 5) is 10.3. The van der Waals surface area contributed by atoms with Gasteiger partial charge in [0.1, 0.15) is 0 Å². The van der Waals surface area contributed by atoms with Gasteiger partial charge in [-0.15, -0.1) is 0 Å². The highest BCUT2D eigenvalue weighted by atomic mass is 32.2. The Morgan fingerprint density at radius 3 is 1.68 bits per heavy atom. The number of thioether (sulfide) groups is 1. The van der Waals surface area contributed by atoms with Gasteiger partial charge in [-0.3, -0.25) is 10.0 Å². The van der Waals surface area contributed by atoms with E-state index in [0.717, 1.165) is 11.9 Å². The standard InChI is InChI=1S/C28H49N5OS4/c1-34-28(35-22-14-6-2-7-15-22)30-26(32-36-23-16-8-3-9-17-23)29-27(31-28)33(37-24-18-10-4-11-19-24)38-25-20-12-5-13-21-25/h22-25H,2-21H2,1H3,(H2,29,30,31,32). The van der Waals surface area contributed by atoms with Crippen LogP contribution in [0.4, 0.5) is 0 Å². The monoisotopic (exact) mass is 599 g/mol. The minimum absolute atomic E-state index is 0.567. The molecule has 38 heavy (non-hydrogen) atoms. The van der Waals surface area contributed by atoms with Gasteiger partial charge in [-0.1, -0.05) is 88.8 Å². The van der Waals surface area contributed by atoms with E-state index < -0.39 is 5.18 Å². The Labute approximate surface area is 248 Å².